The summed E-state index contributed by atoms with van der Waals surface area (Å²) in [5.74, 6) is -1.69. The van der Waals surface area contributed by atoms with Crippen LogP contribution in [-0.4, -0.2) is 31.2 Å². The lowest BCUT2D eigenvalue weighted by molar-refractivity contribution is -0.139. The van der Waals surface area contributed by atoms with E-state index in [1.165, 1.54) is 14.0 Å². The molecule has 0 spiro atoms. The van der Waals surface area contributed by atoms with Crippen molar-refractivity contribution in [1.29, 1.82) is 0 Å². The summed E-state index contributed by atoms with van der Waals surface area (Å²) < 4.78 is 4.43. The molecule has 0 aromatic carbocycles. The lowest BCUT2D eigenvalue weighted by Gasteiger charge is -2.10. The van der Waals surface area contributed by atoms with E-state index >= 15 is 0 Å². The number of carbonyl (C=O) groups excluding carboxylic acids is 3. The van der Waals surface area contributed by atoms with E-state index in [9.17, 15) is 14.4 Å². The van der Waals surface area contributed by atoms with E-state index < -0.39 is 17.8 Å². The number of hydrogen-bond donors (Lipinski definition) is 1. The van der Waals surface area contributed by atoms with Crippen LogP contribution in [0.1, 0.15) is 13.3 Å². The summed E-state index contributed by atoms with van der Waals surface area (Å²) in [5.41, 5.74) is 0.254. The number of amides is 2. The van der Waals surface area contributed by atoms with Crippen molar-refractivity contribution in [3.05, 3.63) is 11.1 Å². The van der Waals surface area contributed by atoms with E-state index in [1.807, 2.05) is 0 Å². The molecule has 1 N–H and O–H groups in total. The molecule has 0 fully saturated rings. The molecule has 1 aliphatic heterocycles. The maximum atomic E-state index is 11.3. The van der Waals surface area contributed by atoms with Crippen molar-refractivity contribution >= 4 is 24.1 Å². The number of hydrogen-bond acceptors (Lipinski definition) is 4. The average Bonchev–Trinajstić information content (AvgIpc) is 2.17. The molecule has 0 saturated heterocycles. The normalized spacial score (nSPS) is 18.5. The lowest BCUT2D eigenvalue weighted by atomic mass is 10.0. The van der Waals surface area contributed by atoms with Crippen LogP contribution in [0.2, 0.25) is 0 Å². The molecule has 0 saturated carbocycles. The highest BCUT2D eigenvalue weighted by molar-refractivity contribution is 6.25. The van der Waals surface area contributed by atoms with Gasteiger partial charge in [-0.25, -0.2) is 0 Å². The highest BCUT2D eigenvalue weighted by Gasteiger charge is 2.24. The lowest BCUT2D eigenvalue weighted by Crippen LogP contribution is -2.32. The number of ether oxygens (including phenoxy) is 1. The highest BCUT2D eigenvalue weighted by Crippen LogP contribution is 2.12. The number of esters is 1. The fraction of sp³-hybridized carbons (Fsp3) is 0.333. The van der Waals surface area contributed by atoms with Gasteiger partial charge in [0, 0.05) is 0 Å². The largest absolute Gasteiger partial charge is 0.469 e. The van der Waals surface area contributed by atoms with Crippen molar-refractivity contribution in [2.75, 3.05) is 7.11 Å². The zero-order valence-electron chi connectivity index (χ0n) is 8.36. The molecule has 0 aromatic heterocycles. The predicted molar refractivity (Wildman–Crippen MR) is 51.0 cm³/mol. The van der Waals surface area contributed by atoms with Crippen molar-refractivity contribution in [3.63, 3.8) is 0 Å². The minimum Gasteiger partial charge on any atom is -0.469 e. The van der Waals surface area contributed by atoms with E-state index in [4.69, 9.17) is 0 Å². The van der Waals surface area contributed by atoms with Crippen LogP contribution in [0.3, 0.4) is 0 Å². The second-order valence-corrected chi connectivity index (χ2v) is 2.95. The second kappa shape index (κ2) is 4.50. The average molecular weight is 210 g/mol. The van der Waals surface area contributed by atoms with Gasteiger partial charge in [0.15, 0.2) is 0 Å². The topological polar surface area (TPSA) is 84.8 Å². The van der Waals surface area contributed by atoms with Crippen LogP contribution < -0.4 is 5.32 Å². The quantitative estimate of drug-likeness (QED) is 0.380. The molecule has 6 heteroatoms. The molecule has 2 amide bonds. The van der Waals surface area contributed by atoms with Crippen molar-refractivity contribution < 1.29 is 19.1 Å². The third-order valence-corrected chi connectivity index (χ3v) is 1.88. The Bertz CT molecular complexity index is 382. The summed E-state index contributed by atoms with van der Waals surface area (Å²) in [5, 5.41) is 2.27. The van der Waals surface area contributed by atoms with Crippen LogP contribution in [0.5, 0.6) is 0 Å². The zero-order chi connectivity index (χ0) is 11.4. The first-order valence-corrected chi connectivity index (χ1v) is 4.20. The highest BCUT2D eigenvalue weighted by atomic mass is 16.5. The fourth-order valence-electron chi connectivity index (χ4n) is 1.14. The van der Waals surface area contributed by atoms with Gasteiger partial charge in [0.1, 0.15) is 5.57 Å². The van der Waals surface area contributed by atoms with E-state index in [0.29, 0.717) is 5.57 Å². The predicted octanol–water partition coefficient (Wildman–Crippen LogP) is -0.449. The molecule has 0 radical (unpaired) electrons. The summed E-state index contributed by atoms with van der Waals surface area (Å²) in [6, 6.07) is 0. The Kier molecular flexibility index (Phi) is 3.33. The van der Waals surface area contributed by atoms with E-state index in [0.717, 1.165) is 6.34 Å². The van der Waals surface area contributed by atoms with Gasteiger partial charge in [0.05, 0.1) is 19.9 Å². The molecule has 0 atom stereocenters. The third-order valence-electron chi connectivity index (χ3n) is 1.88. The zero-order valence-corrected chi connectivity index (χ0v) is 8.36. The molecule has 1 heterocycles. The third kappa shape index (κ3) is 2.49. The van der Waals surface area contributed by atoms with Gasteiger partial charge >= 0.3 is 5.97 Å². The van der Waals surface area contributed by atoms with Crippen LogP contribution in [0.15, 0.2) is 16.1 Å². The minimum absolute atomic E-state index is 0.0945. The molecule has 0 aromatic rings. The van der Waals surface area contributed by atoms with Crippen molar-refractivity contribution in [3.8, 4) is 0 Å². The Morgan fingerprint density at radius 3 is 2.73 bits per heavy atom. The second-order valence-electron chi connectivity index (χ2n) is 2.95. The van der Waals surface area contributed by atoms with Crippen molar-refractivity contribution in [1.82, 2.24) is 5.32 Å². The molecular formula is C9H10N2O4. The van der Waals surface area contributed by atoms with Crippen LogP contribution in [-0.2, 0) is 19.1 Å². The maximum absolute atomic E-state index is 11.3. The summed E-state index contributed by atoms with van der Waals surface area (Å²) >= 11 is 0. The molecule has 6 nitrogen and oxygen atoms in total. The number of aliphatic imine (C=N–C) groups is 1. The SMILES string of the molecule is COC(=O)C/C(C)=C1\C(=O)N=CNC1=O. The molecule has 1 aliphatic rings. The molecule has 15 heavy (non-hydrogen) atoms. The fourth-order valence-corrected chi connectivity index (χ4v) is 1.14. The van der Waals surface area contributed by atoms with Crippen molar-refractivity contribution in [2.45, 2.75) is 13.3 Å². The Morgan fingerprint density at radius 2 is 2.20 bits per heavy atom. The van der Waals surface area contributed by atoms with E-state index in [2.05, 4.69) is 15.0 Å². The van der Waals surface area contributed by atoms with Gasteiger partial charge in [0.2, 0.25) is 0 Å². The van der Waals surface area contributed by atoms with E-state index in [-0.39, 0.29) is 12.0 Å². The van der Waals surface area contributed by atoms with Gasteiger partial charge in [-0.1, -0.05) is 0 Å². The van der Waals surface area contributed by atoms with Gasteiger partial charge in [-0.3, -0.25) is 14.4 Å². The molecule has 0 unspecified atom stereocenters. The first-order valence-electron chi connectivity index (χ1n) is 4.20. The van der Waals surface area contributed by atoms with Gasteiger partial charge in [-0.15, -0.1) is 0 Å². The van der Waals surface area contributed by atoms with Crippen molar-refractivity contribution in [2.24, 2.45) is 4.99 Å². The van der Waals surface area contributed by atoms with Gasteiger partial charge in [-0.2, -0.15) is 4.99 Å². The molecule has 1 rings (SSSR count). The summed E-state index contributed by atoms with van der Waals surface area (Å²) in [4.78, 5) is 36.9. The minimum atomic E-state index is -0.639. The Morgan fingerprint density at radius 1 is 1.53 bits per heavy atom. The number of carbonyl (C=O) groups is 3. The van der Waals surface area contributed by atoms with Gasteiger partial charge in [-0.05, 0) is 12.5 Å². The molecule has 80 valence electrons. The van der Waals surface area contributed by atoms with Crippen LogP contribution in [0.4, 0.5) is 0 Å². The molecule has 0 bridgehead atoms. The number of rotatable bonds is 2. The number of methoxy groups -OCH3 is 1. The summed E-state index contributed by atoms with van der Waals surface area (Å²) in [6.07, 6.45) is 0.931. The molecule has 0 aliphatic carbocycles. The smallest absolute Gasteiger partial charge is 0.309 e. The van der Waals surface area contributed by atoms with Crippen LogP contribution in [0, 0.1) is 0 Å². The Labute approximate surface area is 86.0 Å². The monoisotopic (exact) mass is 210 g/mol. The van der Waals surface area contributed by atoms with Crippen LogP contribution >= 0.6 is 0 Å². The summed E-state index contributed by atoms with van der Waals surface area (Å²) in [6.45, 7) is 1.52. The first-order chi connectivity index (χ1) is 7.06. The Balaban J connectivity index is 2.96. The molecular weight excluding hydrogens is 200 g/mol. The number of nitrogens with zero attached hydrogens (tertiary/aromatic N) is 1. The van der Waals surface area contributed by atoms with Gasteiger partial charge < -0.3 is 10.1 Å². The standard InChI is InChI=1S/C9H10N2O4/c1-5(3-6(12)15-2)7-8(13)10-4-11-9(7)14/h4H,3H2,1-2H3,(H,10,11,13,14). The van der Waals surface area contributed by atoms with E-state index in [1.54, 1.807) is 0 Å². The maximum Gasteiger partial charge on any atom is 0.309 e. The first kappa shape index (κ1) is 11.1. The summed E-state index contributed by atoms with van der Waals surface area (Å²) in [7, 11) is 1.24. The Hall–Kier alpha value is -1.98. The number of nitrogens with one attached hydrogen (secondary N) is 1. The van der Waals surface area contributed by atoms with Crippen LogP contribution in [0.25, 0.3) is 0 Å². The van der Waals surface area contributed by atoms with Gasteiger partial charge in [0.25, 0.3) is 11.8 Å².